The number of thioether (sulfide) groups is 1. The molecule has 0 saturated heterocycles. The van der Waals surface area contributed by atoms with Crippen LogP contribution in [0.1, 0.15) is 11.5 Å². The summed E-state index contributed by atoms with van der Waals surface area (Å²) >= 11 is 0.535. The van der Waals surface area contributed by atoms with E-state index in [-0.39, 0.29) is 5.56 Å². The molecule has 0 saturated carbocycles. The number of carbonyl (C=O) groups is 1. The van der Waals surface area contributed by atoms with E-state index in [2.05, 4.69) is 4.74 Å². The standard InChI is InChI=1S/C16H15F5O3S/c1-24-16(21)10(9-6-4-3-5-7-9)11(17)12(18)15(20,13(22)23)14(16,19)8-25-2/h3-7,10H,8H2,1-2H3,(H,22,23). The van der Waals surface area contributed by atoms with Gasteiger partial charge in [-0.25, -0.2) is 26.7 Å². The summed E-state index contributed by atoms with van der Waals surface area (Å²) in [5, 5.41) is 9.05. The molecule has 1 N–H and O–H groups in total. The summed E-state index contributed by atoms with van der Waals surface area (Å²) in [5.74, 6) is -14.5. The molecule has 1 aliphatic rings. The molecule has 1 aromatic carbocycles. The number of hydrogen-bond acceptors (Lipinski definition) is 3. The third kappa shape index (κ3) is 2.47. The van der Waals surface area contributed by atoms with E-state index in [0.717, 1.165) is 0 Å². The van der Waals surface area contributed by atoms with E-state index in [1.54, 1.807) is 0 Å². The minimum absolute atomic E-state index is 0.227. The Morgan fingerprint density at radius 2 is 1.80 bits per heavy atom. The van der Waals surface area contributed by atoms with Crippen LogP contribution in [-0.2, 0) is 9.53 Å². The van der Waals surface area contributed by atoms with Gasteiger partial charge in [0.2, 0.25) is 5.67 Å². The highest BCUT2D eigenvalue weighted by Crippen LogP contribution is 2.60. The smallest absolute Gasteiger partial charge is 0.352 e. The zero-order valence-corrected chi connectivity index (χ0v) is 14.0. The lowest BCUT2D eigenvalue weighted by atomic mass is 9.68. The maximum atomic E-state index is 15.6. The second kappa shape index (κ2) is 6.60. The molecule has 0 aliphatic heterocycles. The predicted molar refractivity (Wildman–Crippen MR) is 83.0 cm³/mol. The molecule has 138 valence electrons. The number of alkyl halides is 3. The number of carboxylic acid groups (broad SMARTS) is 1. The summed E-state index contributed by atoms with van der Waals surface area (Å²) in [6.45, 7) is 0. The summed E-state index contributed by atoms with van der Waals surface area (Å²) in [6.07, 6.45) is 1.24. The van der Waals surface area contributed by atoms with E-state index in [4.69, 9.17) is 5.11 Å². The Balaban J connectivity index is 2.88. The topological polar surface area (TPSA) is 46.5 Å². The molecule has 0 aromatic heterocycles. The molecule has 1 aliphatic carbocycles. The van der Waals surface area contributed by atoms with Crippen molar-refractivity contribution < 1.29 is 36.6 Å². The zero-order valence-electron chi connectivity index (χ0n) is 13.2. The summed E-state index contributed by atoms with van der Waals surface area (Å²) in [6, 6.07) is 6.57. The fourth-order valence-electron chi connectivity index (χ4n) is 3.04. The molecule has 2 rings (SSSR count). The molecular formula is C16H15F5O3S. The van der Waals surface area contributed by atoms with Crippen molar-refractivity contribution in [3.05, 3.63) is 47.5 Å². The Morgan fingerprint density at radius 3 is 2.24 bits per heavy atom. The van der Waals surface area contributed by atoms with Gasteiger partial charge in [0.15, 0.2) is 5.83 Å². The van der Waals surface area contributed by atoms with Crippen molar-refractivity contribution in [3.63, 3.8) is 0 Å². The highest BCUT2D eigenvalue weighted by molar-refractivity contribution is 7.98. The average molecular weight is 382 g/mol. The van der Waals surface area contributed by atoms with E-state index in [1.807, 2.05) is 0 Å². The first-order valence-electron chi connectivity index (χ1n) is 7.06. The third-order valence-electron chi connectivity index (χ3n) is 4.29. The van der Waals surface area contributed by atoms with Crippen LogP contribution in [0.2, 0.25) is 0 Å². The molecule has 9 heteroatoms. The second-order valence-corrected chi connectivity index (χ2v) is 6.42. The lowest BCUT2D eigenvalue weighted by Gasteiger charge is -2.49. The van der Waals surface area contributed by atoms with Gasteiger partial charge >= 0.3 is 5.97 Å². The van der Waals surface area contributed by atoms with Gasteiger partial charge in [0, 0.05) is 12.9 Å². The fraction of sp³-hybridized carbons (Fsp3) is 0.438. The lowest BCUT2D eigenvalue weighted by Crippen LogP contribution is -2.71. The Morgan fingerprint density at radius 1 is 1.24 bits per heavy atom. The van der Waals surface area contributed by atoms with E-state index >= 15 is 8.78 Å². The first-order chi connectivity index (χ1) is 11.6. The quantitative estimate of drug-likeness (QED) is 0.779. The molecule has 0 radical (unpaired) electrons. The van der Waals surface area contributed by atoms with Gasteiger partial charge in [-0.15, -0.1) is 0 Å². The number of benzene rings is 1. The van der Waals surface area contributed by atoms with Crippen molar-refractivity contribution in [2.45, 2.75) is 23.1 Å². The van der Waals surface area contributed by atoms with Crippen molar-refractivity contribution in [3.8, 4) is 0 Å². The van der Waals surface area contributed by atoms with Crippen molar-refractivity contribution in [2.24, 2.45) is 0 Å². The van der Waals surface area contributed by atoms with Crippen molar-refractivity contribution in [1.82, 2.24) is 0 Å². The molecule has 0 bridgehead atoms. The molecule has 0 fully saturated rings. The van der Waals surface area contributed by atoms with Gasteiger partial charge in [0.05, 0.1) is 0 Å². The molecule has 0 amide bonds. The maximum absolute atomic E-state index is 15.6. The zero-order chi connectivity index (χ0) is 19.0. The predicted octanol–water partition coefficient (Wildman–Crippen LogP) is 4.11. The third-order valence-corrected chi connectivity index (χ3v) is 4.98. The fourth-order valence-corrected chi connectivity index (χ4v) is 3.83. The van der Waals surface area contributed by atoms with Gasteiger partial charge < -0.3 is 9.84 Å². The Labute approximate surface area is 144 Å². The molecule has 25 heavy (non-hydrogen) atoms. The summed E-state index contributed by atoms with van der Waals surface area (Å²) < 4.78 is 79.6. The molecule has 0 spiro atoms. The van der Waals surface area contributed by atoms with Gasteiger partial charge in [-0.2, -0.15) is 11.8 Å². The molecule has 1 aromatic rings. The highest BCUT2D eigenvalue weighted by atomic mass is 32.2. The molecular weight excluding hydrogens is 367 g/mol. The largest absolute Gasteiger partial charge is 0.478 e. The molecule has 0 heterocycles. The summed E-state index contributed by atoms with van der Waals surface area (Å²) in [5.41, 5.74) is -8.83. The monoisotopic (exact) mass is 382 g/mol. The van der Waals surface area contributed by atoms with Crippen molar-refractivity contribution in [2.75, 3.05) is 19.1 Å². The number of methoxy groups -OCH3 is 1. The first-order valence-corrected chi connectivity index (χ1v) is 8.46. The average Bonchev–Trinajstić information content (AvgIpc) is 2.59. The van der Waals surface area contributed by atoms with Gasteiger partial charge in [0.1, 0.15) is 11.7 Å². The van der Waals surface area contributed by atoms with Crippen LogP contribution < -0.4 is 0 Å². The number of rotatable bonds is 5. The Hall–Kier alpha value is -1.61. The number of hydrogen-bond donors (Lipinski definition) is 1. The van der Waals surface area contributed by atoms with E-state index in [1.165, 1.54) is 36.6 Å². The number of halogens is 5. The summed E-state index contributed by atoms with van der Waals surface area (Å²) in [4.78, 5) is 11.3. The number of aliphatic carboxylic acids is 1. The highest BCUT2D eigenvalue weighted by Gasteiger charge is 2.79. The van der Waals surface area contributed by atoms with E-state index < -0.39 is 46.5 Å². The first kappa shape index (κ1) is 19.7. The van der Waals surface area contributed by atoms with Gasteiger partial charge in [-0.3, -0.25) is 0 Å². The van der Waals surface area contributed by atoms with Crippen LogP contribution in [0.4, 0.5) is 22.0 Å². The van der Waals surface area contributed by atoms with Crippen LogP contribution in [0.15, 0.2) is 42.0 Å². The van der Waals surface area contributed by atoms with E-state index in [0.29, 0.717) is 18.9 Å². The Kier molecular flexibility index (Phi) is 5.21. The van der Waals surface area contributed by atoms with Crippen molar-refractivity contribution in [1.29, 1.82) is 0 Å². The Bertz CT molecular complexity index is 700. The SMILES string of the molecule is COC1(F)C(c2ccccc2)C(F)=C(F)C(F)(C(=O)O)C1(F)CSC. The van der Waals surface area contributed by atoms with Crippen LogP contribution in [-0.4, -0.2) is 47.4 Å². The molecule has 3 nitrogen and oxygen atoms in total. The number of ether oxygens (including phenoxy) is 1. The van der Waals surface area contributed by atoms with Gasteiger partial charge in [-0.1, -0.05) is 30.3 Å². The summed E-state index contributed by atoms with van der Waals surface area (Å²) in [7, 11) is 0.642. The number of carboxylic acids is 1. The van der Waals surface area contributed by atoms with Crippen LogP contribution in [0.5, 0.6) is 0 Å². The van der Waals surface area contributed by atoms with E-state index in [9.17, 15) is 18.0 Å². The lowest BCUT2D eigenvalue weighted by molar-refractivity contribution is -0.264. The van der Waals surface area contributed by atoms with Gasteiger partial charge in [0.25, 0.3) is 11.5 Å². The minimum atomic E-state index is -4.57. The van der Waals surface area contributed by atoms with Crippen molar-refractivity contribution >= 4 is 17.7 Å². The minimum Gasteiger partial charge on any atom is -0.478 e. The van der Waals surface area contributed by atoms with Crippen LogP contribution in [0, 0.1) is 0 Å². The van der Waals surface area contributed by atoms with Crippen LogP contribution >= 0.6 is 11.8 Å². The van der Waals surface area contributed by atoms with Crippen LogP contribution in [0.3, 0.4) is 0 Å². The maximum Gasteiger partial charge on any atom is 0.352 e. The molecule has 4 atom stereocenters. The molecule has 4 unspecified atom stereocenters. The van der Waals surface area contributed by atoms with Gasteiger partial charge in [-0.05, 0) is 11.8 Å². The normalized spacial score (nSPS) is 35.7. The second-order valence-electron chi connectivity index (χ2n) is 5.55. The van der Waals surface area contributed by atoms with Crippen LogP contribution in [0.25, 0.3) is 0 Å².